The Morgan fingerprint density at radius 2 is 1.88 bits per heavy atom. The average molecular weight is 470 g/mol. The summed E-state index contributed by atoms with van der Waals surface area (Å²) in [6, 6.07) is 15.6. The fourth-order valence-corrected chi connectivity index (χ4v) is 5.48. The van der Waals surface area contributed by atoms with Gasteiger partial charge in [0.15, 0.2) is 0 Å². The Labute approximate surface area is 191 Å². The molecule has 0 saturated heterocycles. The number of sulfonamides is 1. The van der Waals surface area contributed by atoms with Gasteiger partial charge in [-0.2, -0.15) is 9.57 Å². The molecule has 0 bridgehead atoms. The molecule has 0 aliphatic carbocycles. The number of amides is 1. The van der Waals surface area contributed by atoms with Crippen molar-refractivity contribution in [1.82, 2.24) is 4.31 Å². The van der Waals surface area contributed by atoms with Crippen molar-refractivity contribution < 1.29 is 17.9 Å². The number of carbonyl (C=O) groups is 1. The summed E-state index contributed by atoms with van der Waals surface area (Å²) in [5, 5.41) is 12.6. The van der Waals surface area contributed by atoms with Crippen molar-refractivity contribution in [3.05, 3.63) is 75.7 Å². The van der Waals surface area contributed by atoms with E-state index in [1.165, 1.54) is 48.0 Å². The van der Waals surface area contributed by atoms with Gasteiger partial charge in [-0.05, 0) is 43.2 Å². The second-order valence-corrected chi connectivity index (χ2v) is 10.4. The highest BCUT2D eigenvalue weighted by Gasteiger charge is 2.27. The van der Waals surface area contributed by atoms with Gasteiger partial charge in [-0.15, -0.1) is 11.3 Å². The third-order valence-electron chi connectivity index (χ3n) is 5.09. The molecule has 0 fully saturated rings. The summed E-state index contributed by atoms with van der Waals surface area (Å²) in [5.41, 5.74) is 2.20. The summed E-state index contributed by atoms with van der Waals surface area (Å²) in [7, 11) is -1.09. The quantitative estimate of drug-likeness (QED) is 0.556. The summed E-state index contributed by atoms with van der Waals surface area (Å²) in [6.07, 6.45) is 0. The number of methoxy groups -OCH3 is 1. The first kappa shape index (κ1) is 23.5. The van der Waals surface area contributed by atoms with E-state index in [4.69, 9.17) is 4.74 Å². The SMILES string of the molecule is COc1ccc(C(=O)Nc2sc(C)c(C)c2C#N)cc1S(=O)(=O)N(C)Cc1ccccc1. The summed E-state index contributed by atoms with van der Waals surface area (Å²) >= 11 is 1.31. The zero-order valence-electron chi connectivity index (χ0n) is 18.2. The van der Waals surface area contributed by atoms with Gasteiger partial charge in [0.1, 0.15) is 21.7 Å². The smallest absolute Gasteiger partial charge is 0.256 e. The van der Waals surface area contributed by atoms with Crippen LogP contribution in [0.4, 0.5) is 5.00 Å². The molecular formula is C23H23N3O4S2. The predicted octanol–water partition coefficient (Wildman–Crippen LogP) is 4.32. The van der Waals surface area contributed by atoms with E-state index in [1.54, 1.807) is 0 Å². The normalized spacial score (nSPS) is 11.2. The van der Waals surface area contributed by atoms with Gasteiger partial charge in [0.05, 0.1) is 12.7 Å². The first-order valence-corrected chi connectivity index (χ1v) is 11.9. The van der Waals surface area contributed by atoms with E-state index in [1.807, 2.05) is 44.2 Å². The number of nitrogens with zero attached hydrogens (tertiary/aromatic N) is 2. The number of carbonyl (C=O) groups excluding carboxylic acids is 1. The standard InChI is InChI=1S/C23H23N3O4S2/c1-15-16(2)31-23(19(15)13-24)25-22(27)18-10-11-20(30-4)21(12-18)32(28,29)26(3)14-17-8-6-5-7-9-17/h5-12H,14H2,1-4H3,(H,25,27). The van der Waals surface area contributed by atoms with Crippen molar-refractivity contribution >= 4 is 32.3 Å². The van der Waals surface area contributed by atoms with Crippen LogP contribution in [0.2, 0.25) is 0 Å². The van der Waals surface area contributed by atoms with E-state index < -0.39 is 15.9 Å². The molecule has 3 rings (SSSR count). The van der Waals surface area contributed by atoms with Crippen LogP contribution in [-0.4, -0.2) is 32.8 Å². The van der Waals surface area contributed by atoms with Crippen molar-refractivity contribution in [2.45, 2.75) is 25.3 Å². The Kier molecular flexibility index (Phi) is 6.99. The molecule has 0 radical (unpaired) electrons. The predicted molar refractivity (Wildman–Crippen MR) is 125 cm³/mol. The van der Waals surface area contributed by atoms with Crippen LogP contribution in [0.1, 0.15) is 31.9 Å². The average Bonchev–Trinajstić information content (AvgIpc) is 3.05. The van der Waals surface area contributed by atoms with Crippen LogP contribution >= 0.6 is 11.3 Å². The molecule has 1 N–H and O–H groups in total. The Morgan fingerprint density at radius 1 is 1.19 bits per heavy atom. The topological polar surface area (TPSA) is 99.5 Å². The molecule has 1 heterocycles. The lowest BCUT2D eigenvalue weighted by molar-refractivity contribution is 0.102. The molecule has 166 valence electrons. The summed E-state index contributed by atoms with van der Waals surface area (Å²) < 4.78 is 33.0. The minimum Gasteiger partial charge on any atom is -0.495 e. The van der Waals surface area contributed by atoms with E-state index in [2.05, 4.69) is 11.4 Å². The van der Waals surface area contributed by atoms with Crippen LogP contribution < -0.4 is 10.1 Å². The third-order valence-corrected chi connectivity index (χ3v) is 8.03. The number of hydrogen-bond acceptors (Lipinski definition) is 6. The highest BCUT2D eigenvalue weighted by atomic mass is 32.2. The zero-order chi connectivity index (χ0) is 23.5. The highest BCUT2D eigenvalue weighted by Crippen LogP contribution is 2.33. The second kappa shape index (κ2) is 9.53. The van der Waals surface area contributed by atoms with Crippen LogP contribution in [0.15, 0.2) is 53.4 Å². The van der Waals surface area contributed by atoms with Crippen LogP contribution in [-0.2, 0) is 16.6 Å². The number of anilines is 1. The molecule has 0 atom stereocenters. The molecular weight excluding hydrogens is 446 g/mol. The molecule has 1 amide bonds. The van der Waals surface area contributed by atoms with E-state index in [0.29, 0.717) is 10.6 Å². The Morgan fingerprint density at radius 3 is 2.50 bits per heavy atom. The number of rotatable bonds is 7. The van der Waals surface area contributed by atoms with Crippen molar-refractivity contribution in [3.63, 3.8) is 0 Å². The molecule has 0 aliphatic rings. The fourth-order valence-electron chi connectivity index (χ4n) is 3.14. The minimum absolute atomic E-state index is 0.106. The second-order valence-electron chi connectivity index (χ2n) is 7.17. The number of benzene rings is 2. The first-order chi connectivity index (χ1) is 15.2. The molecule has 7 nitrogen and oxygen atoms in total. The van der Waals surface area contributed by atoms with Crippen LogP contribution in [0.3, 0.4) is 0 Å². The molecule has 2 aromatic carbocycles. The van der Waals surface area contributed by atoms with Gasteiger partial charge in [-0.1, -0.05) is 30.3 Å². The lowest BCUT2D eigenvalue weighted by Crippen LogP contribution is -2.27. The van der Waals surface area contributed by atoms with Crippen LogP contribution in [0.25, 0.3) is 0 Å². The van der Waals surface area contributed by atoms with Gasteiger partial charge in [0.2, 0.25) is 10.0 Å². The molecule has 0 unspecified atom stereocenters. The molecule has 0 aliphatic heterocycles. The van der Waals surface area contributed by atoms with Gasteiger partial charge in [0, 0.05) is 24.0 Å². The van der Waals surface area contributed by atoms with E-state index in [0.717, 1.165) is 16.0 Å². The highest BCUT2D eigenvalue weighted by molar-refractivity contribution is 7.89. The lowest BCUT2D eigenvalue weighted by Gasteiger charge is -2.19. The number of aryl methyl sites for hydroxylation is 1. The first-order valence-electron chi connectivity index (χ1n) is 9.68. The zero-order valence-corrected chi connectivity index (χ0v) is 19.8. The van der Waals surface area contributed by atoms with E-state index >= 15 is 0 Å². The Hall–Kier alpha value is -3.19. The number of nitrogens with one attached hydrogen (secondary N) is 1. The number of nitriles is 1. The minimum atomic E-state index is -3.95. The maximum absolute atomic E-state index is 13.3. The van der Waals surface area contributed by atoms with Gasteiger partial charge in [0.25, 0.3) is 5.91 Å². The van der Waals surface area contributed by atoms with Crippen molar-refractivity contribution in [1.29, 1.82) is 5.26 Å². The summed E-state index contributed by atoms with van der Waals surface area (Å²) in [5.74, 6) is -0.366. The van der Waals surface area contributed by atoms with Crippen molar-refractivity contribution in [2.75, 3.05) is 19.5 Å². The lowest BCUT2D eigenvalue weighted by atomic mass is 10.1. The molecule has 0 spiro atoms. The van der Waals surface area contributed by atoms with E-state index in [9.17, 15) is 18.5 Å². The summed E-state index contributed by atoms with van der Waals surface area (Å²) in [6.45, 7) is 3.86. The summed E-state index contributed by atoms with van der Waals surface area (Å²) in [4.78, 5) is 13.7. The molecule has 0 saturated carbocycles. The van der Waals surface area contributed by atoms with Crippen molar-refractivity contribution in [3.8, 4) is 11.8 Å². The van der Waals surface area contributed by atoms with E-state index in [-0.39, 0.29) is 22.8 Å². The van der Waals surface area contributed by atoms with Crippen LogP contribution in [0, 0.1) is 25.2 Å². The molecule has 3 aromatic rings. The number of ether oxygens (including phenoxy) is 1. The molecule has 1 aromatic heterocycles. The Bertz CT molecular complexity index is 1290. The molecule has 9 heteroatoms. The maximum atomic E-state index is 13.3. The van der Waals surface area contributed by atoms with Gasteiger partial charge < -0.3 is 10.1 Å². The van der Waals surface area contributed by atoms with Gasteiger partial charge in [-0.25, -0.2) is 8.42 Å². The number of thiophene rings is 1. The number of hydrogen-bond donors (Lipinski definition) is 1. The molecule has 32 heavy (non-hydrogen) atoms. The fraction of sp³-hybridized carbons (Fsp3) is 0.217. The van der Waals surface area contributed by atoms with Gasteiger partial charge >= 0.3 is 0 Å². The maximum Gasteiger partial charge on any atom is 0.256 e. The Balaban J connectivity index is 1.94. The van der Waals surface area contributed by atoms with Gasteiger partial charge in [-0.3, -0.25) is 4.79 Å². The van der Waals surface area contributed by atoms with Crippen LogP contribution in [0.5, 0.6) is 5.75 Å². The monoisotopic (exact) mass is 469 g/mol. The third kappa shape index (κ3) is 4.67. The largest absolute Gasteiger partial charge is 0.495 e. The van der Waals surface area contributed by atoms with Crippen molar-refractivity contribution in [2.24, 2.45) is 0 Å².